The van der Waals surface area contributed by atoms with Crippen LogP contribution in [0.5, 0.6) is 11.5 Å². The number of quaternary nitrogens is 1. The Kier molecular flexibility index (Phi) is 5.84. The van der Waals surface area contributed by atoms with Crippen LogP contribution in [0.15, 0.2) is 12.1 Å². The lowest BCUT2D eigenvalue weighted by Gasteiger charge is -2.29. The van der Waals surface area contributed by atoms with Crippen LogP contribution in [-0.2, 0) is 17.8 Å². The fourth-order valence-corrected chi connectivity index (χ4v) is 4.03. The molecule has 0 saturated carbocycles. The minimum atomic E-state index is -0.787. The molecule has 3 rings (SSSR count). The van der Waals surface area contributed by atoms with Crippen molar-refractivity contribution in [3.63, 3.8) is 0 Å². The van der Waals surface area contributed by atoms with E-state index in [0.29, 0.717) is 24.8 Å². The molecule has 0 aliphatic carbocycles. The first-order chi connectivity index (χ1) is 13.3. The van der Waals surface area contributed by atoms with Gasteiger partial charge in [-0.2, -0.15) is 0 Å². The van der Waals surface area contributed by atoms with Crippen molar-refractivity contribution in [2.45, 2.75) is 52.1 Å². The highest BCUT2D eigenvalue weighted by Crippen LogP contribution is 2.31. The SMILES string of the molecule is COc1cc2c(cc1OC)C[NH+](CN1C(=O)N[C@@](C)(CCC(C)C)C1=O)CC2. The Morgan fingerprint density at radius 1 is 1.18 bits per heavy atom. The predicted molar refractivity (Wildman–Crippen MR) is 106 cm³/mol. The summed E-state index contributed by atoms with van der Waals surface area (Å²) in [5.41, 5.74) is 1.62. The fraction of sp³-hybridized carbons (Fsp3) is 0.619. The average molecular weight is 391 g/mol. The lowest BCUT2D eigenvalue weighted by Crippen LogP contribution is -3.13. The second-order valence-corrected chi connectivity index (χ2v) is 8.49. The van der Waals surface area contributed by atoms with Crippen molar-refractivity contribution in [2.24, 2.45) is 5.92 Å². The topological polar surface area (TPSA) is 72.3 Å². The molecule has 28 heavy (non-hydrogen) atoms. The van der Waals surface area contributed by atoms with E-state index in [1.54, 1.807) is 14.2 Å². The minimum absolute atomic E-state index is 0.108. The normalized spacial score (nSPS) is 24.4. The number of amides is 3. The third kappa shape index (κ3) is 3.94. The number of nitrogens with one attached hydrogen (secondary N) is 2. The molecule has 1 saturated heterocycles. The fourth-order valence-electron chi connectivity index (χ4n) is 4.03. The largest absolute Gasteiger partial charge is 0.493 e. The summed E-state index contributed by atoms with van der Waals surface area (Å²) in [4.78, 5) is 28.0. The number of urea groups is 1. The van der Waals surface area contributed by atoms with E-state index in [9.17, 15) is 9.59 Å². The molecule has 2 aliphatic rings. The van der Waals surface area contributed by atoms with Crippen LogP contribution >= 0.6 is 0 Å². The van der Waals surface area contributed by atoms with Crippen LogP contribution in [0, 0.1) is 5.92 Å². The smallest absolute Gasteiger partial charge is 0.329 e. The summed E-state index contributed by atoms with van der Waals surface area (Å²) < 4.78 is 10.8. The predicted octanol–water partition coefficient (Wildman–Crippen LogP) is 1.35. The van der Waals surface area contributed by atoms with Crippen molar-refractivity contribution in [3.8, 4) is 11.5 Å². The Morgan fingerprint density at radius 2 is 1.82 bits per heavy atom. The Balaban J connectivity index is 1.70. The summed E-state index contributed by atoms with van der Waals surface area (Å²) in [6, 6.07) is 3.76. The number of nitrogens with zero attached hydrogens (tertiary/aromatic N) is 1. The number of carbonyl (C=O) groups excluding carboxylic acids is 2. The van der Waals surface area contributed by atoms with Gasteiger partial charge in [0.15, 0.2) is 18.2 Å². The van der Waals surface area contributed by atoms with Crippen LogP contribution in [0.4, 0.5) is 4.79 Å². The molecule has 154 valence electrons. The van der Waals surface area contributed by atoms with Crippen LogP contribution in [0.25, 0.3) is 0 Å². The van der Waals surface area contributed by atoms with Gasteiger partial charge in [-0.15, -0.1) is 0 Å². The zero-order chi connectivity index (χ0) is 20.5. The Bertz CT molecular complexity index is 764. The monoisotopic (exact) mass is 390 g/mol. The van der Waals surface area contributed by atoms with E-state index in [-0.39, 0.29) is 11.9 Å². The molecule has 0 radical (unpaired) electrons. The molecule has 1 aromatic carbocycles. The third-order valence-corrected chi connectivity index (χ3v) is 5.84. The molecule has 2 aliphatic heterocycles. The van der Waals surface area contributed by atoms with E-state index < -0.39 is 5.54 Å². The number of imide groups is 1. The molecule has 1 unspecified atom stereocenters. The molecule has 0 bridgehead atoms. The molecule has 1 fully saturated rings. The molecule has 3 amide bonds. The van der Waals surface area contributed by atoms with E-state index in [2.05, 4.69) is 19.2 Å². The lowest BCUT2D eigenvalue weighted by molar-refractivity contribution is -0.923. The van der Waals surface area contributed by atoms with Crippen LogP contribution in [0.1, 0.15) is 44.7 Å². The maximum atomic E-state index is 12.9. The number of benzene rings is 1. The van der Waals surface area contributed by atoms with E-state index in [0.717, 1.165) is 31.7 Å². The maximum Gasteiger partial charge on any atom is 0.329 e. The second kappa shape index (κ2) is 7.99. The van der Waals surface area contributed by atoms with Crippen molar-refractivity contribution >= 4 is 11.9 Å². The van der Waals surface area contributed by atoms with Crippen molar-refractivity contribution in [3.05, 3.63) is 23.3 Å². The van der Waals surface area contributed by atoms with Gasteiger partial charge in [-0.3, -0.25) is 4.79 Å². The molecule has 7 nitrogen and oxygen atoms in total. The van der Waals surface area contributed by atoms with Crippen LogP contribution in [0.3, 0.4) is 0 Å². The van der Waals surface area contributed by atoms with Gasteiger partial charge >= 0.3 is 6.03 Å². The molecule has 7 heteroatoms. The first kappa shape index (κ1) is 20.5. The van der Waals surface area contributed by atoms with Crippen molar-refractivity contribution < 1.29 is 24.0 Å². The number of carbonyl (C=O) groups is 2. The van der Waals surface area contributed by atoms with E-state index in [4.69, 9.17) is 9.47 Å². The molecule has 0 spiro atoms. The van der Waals surface area contributed by atoms with E-state index in [1.807, 2.05) is 19.1 Å². The number of rotatable bonds is 7. The quantitative estimate of drug-likeness (QED) is 0.690. The molecule has 2 heterocycles. The second-order valence-electron chi connectivity index (χ2n) is 8.49. The zero-order valence-electron chi connectivity index (χ0n) is 17.6. The molecule has 0 aromatic heterocycles. The Labute approximate surface area is 167 Å². The van der Waals surface area contributed by atoms with E-state index in [1.165, 1.54) is 20.9 Å². The van der Waals surface area contributed by atoms with Gasteiger partial charge < -0.3 is 19.7 Å². The number of fused-ring (bicyclic) bond motifs is 1. The van der Waals surface area contributed by atoms with Gasteiger partial charge in [0.2, 0.25) is 0 Å². The standard InChI is InChI=1S/C21H31N3O4/c1-14(2)6-8-21(3)19(25)24(20(26)22-21)13-23-9-7-15-10-17(27-4)18(28-5)11-16(15)12-23/h10-11,14H,6-9,12-13H2,1-5H3,(H,22,26)/p+1/t21-/m0/s1. The highest BCUT2D eigenvalue weighted by molar-refractivity contribution is 6.06. The summed E-state index contributed by atoms with van der Waals surface area (Å²) in [6.07, 6.45) is 2.45. The highest BCUT2D eigenvalue weighted by atomic mass is 16.5. The molecular formula is C21H32N3O4+. The van der Waals surface area contributed by atoms with Gasteiger partial charge in [-0.25, -0.2) is 9.69 Å². The first-order valence-corrected chi connectivity index (χ1v) is 9.99. The van der Waals surface area contributed by atoms with Gasteiger partial charge in [0.1, 0.15) is 12.1 Å². The Morgan fingerprint density at radius 3 is 2.43 bits per heavy atom. The van der Waals surface area contributed by atoms with Gasteiger partial charge in [0.25, 0.3) is 5.91 Å². The van der Waals surface area contributed by atoms with Gasteiger partial charge in [-0.1, -0.05) is 13.8 Å². The van der Waals surface area contributed by atoms with Gasteiger partial charge in [0.05, 0.1) is 20.8 Å². The molecular weight excluding hydrogens is 358 g/mol. The van der Waals surface area contributed by atoms with Crippen molar-refractivity contribution in [2.75, 3.05) is 27.4 Å². The number of hydrogen-bond donors (Lipinski definition) is 2. The molecule has 2 N–H and O–H groups in total. The summed E-state index contributed by atoms with van der Waals surface area (Å²) >= 11 is 0. The van der Waals surface area contributed by atoms with Crippen molar-refractivity contribution in [1.82, 2.24) is 10.2 Å². The lowest BCUT2D eigenvalue weighted by atomic mass is 9.92. The molecule has 1 aromatic rings. The van der Waals surface area contributed by atoms with Crippen LogP contribution in [0.2, 0.25) is 0 Å². The Hall–Kier alpha value is -2.28. The number of methoxy groups -OCH3 is 2. The van der Waals surface area contributed by atoms with Crippen LogP contribution < -0.4 is 19.7 Å². The number of ether oxygens (including phenoxy) is 2. The van der Waals surface area contributed by atoms with Gasteiger partial charge in [-0.05, 0) is 43.4 Å². The zero-order valence-corrected chi connectivity index (χ0v) is 17.6. The minimum Gasteiger partial charge on any atom is -0.493 e. The summed E-state index contributed by atoms with van der Waals surface area (Å²) in [6.45, 7) is 8.09. The van der Waals surface area contributed by atoms with E-state index >= 15 is 0 Å². The average Bonchev–Trinajstić information content (AvgIpc) is 2.88. The maximum absolute atomic E-state index is 12.9. The van der Waals surface area contributed by atoms with Crippen LogP contribution in [-0.4, -0.2) is 49.8 Å². The third-order valence-electron chi connectivity index (χ3n) is 5.84. The summed E-state index contributed by atoms with van der Waals surface area (Å²) in [5.74, 6) is 1.83. The summed E-state index contributed by atoms with van der Waals surface area (Å²) in [7, 11) is 3.27. The first-order valence-electron chi connectivity index (χ1n) is 9.99. The number of hydrogen-bond acceptors (Lipinski definition) is 4. The van der Waals surface area contributed by atoms with Crippen molar-refractivity contribution in [1.29, 1.82) is 0 Å². The molecule has 2 atom stereocenters. The summed E-state index contributed by atoms with van der Waals surface area (Å²) in [5, 5.41) is 2.92. The highest BCUT2D eigenvalue weighted by Gasteiger charge is 2.48. The van der Waals surface area contributed by atoms with Gasteiger partial charge in [0, 0.05) is 12.0 Å².